The molecule has 2 aliphatic rings. The molecule has 8 heteroatoms. The second kappa shape index (κ2) is 6.27. The Morgan fingerprint density at radius 3 is 2.71 bits per heavy atom. The number of nitrogens with zero attached hydrogens (tertiary/aromatic N) is 5. The van der Waals surface area contributed by atoms with Crippen LogP contribution in [0.1, 0.15) is 13.8 Å². The molecule has 8 nitrogen and oxygen atoms in total. The number of ether oxygens (including phenoxy) is 3. The van der Waals surface area contributed by atoms with Gasteiger partial charge < -0.3 is 14.2 Å². The Labute approximate surface area is 162 Å². The van der Waals surface area contributed by atoms with Gasteiger partial charge >= 0.3 is 0 Å². The zero-order valence-electron chi connectivity index (χ0n) is 15.5. The van der Waals surface area contributed by atoms with Gasteiger partial charge in [0.15, 0.2) is 17.7 Å². The van der Waals surface area contributed by atoms with E-state index in [2.05, 4.69) is 20.9 Å². The molecule has 0 amide bonds. The highest BCUT2D eigenvalue weighted by atomic mass is 16.8. The summed E-state index contributed by atoms with van der Waals surface area (Å²) in [4.78, 5) is 12.9. The van der Waals surface area contributed by atoms with Gasteiger partial charge in [-0.25, -0.2) is 24.6 Å². The van der Waals surface area contributed by atoms with Gasteiger partial charge in [-0.2, -0.15) is 0 Å². The van der Waals surface area contributed by atoms with E-state index in [1.165, 1.54) is 6.33 Å². The molecule has 3 aromatic rings. The normalized spacial score (nSPS) is 28.2. The van der Waals surface area contributed by atoms with Crippen LogP contribution >= 0.6 is 0 Å². The van der Waals surface area contributed by atoms with Crippen molar-refractivity contribution in [3.8, 4) is 12.3 Å². The number of benzene rings is 1. The highest BCUT2D eigenvalue weighted by molar-refractivity contribution is 5.70. The topological polar surface area (TPSA) is 74.5 Å². The van der Waals surface area contributed by atoms with Crippen molar-refractivity contribution in [1.29, 1.82) is 0 Å². The average Bonchev–Trinajstić information content (AvgIpc) is 3.35. The van der Waals surface area contributed by atoms with Crippen LogP contribution in [0.25, 0.3) is 11.2 Å². The molecule has 0 saturated carbocycles. The Balaban J connectivity index is 1.65. The van der Waals surface area contributed by atoms with E-state index in [1.807, 2.05) is 53.9 Å². The highest BCUT2D eigenvalue weighted by Gasteiger charge is 2.57. The first-order valence-corrected chi connectivity index (χ1v) is 9.02. The second-order valence-electron chi connectivity index (χ2n) is 7.18. The number of hydrogen-bond acceptors (Lipinski definition) is 7. The maximum absolute atomic E-state index is 6.21. The summed E-state index contributed by atoms with van der Waals surface area (Å²) in [5, 5.41) is 1.95. The average molecular weight is 377 g/mol. The maximum Gasteiger partial charge on any atom is 0.182 e. The van der Waals surface area contributed by atoms with Gasteiger partial charge in [0.05, 0.1) is 11.9 Å². The zero-order chi connectivity index (χ0) is 19.3. The van der Waals surface area contributed by atoms with E-state index < -0.39 is 18.1 Å². The summed E-state index contributed by atoms with van der Waals surface area (Å²) in [7, 11) is 0. The highest BCUT2D eigenvalue weighted by Crippen LogP contribution is 2.41. The second-order valence-corrected chi connectivity index (χ2v) is 7.18. The minimum absolute atomic E-state index is 0.361. The summed E-state index contributed by atoms with van der Waals surface area (Å²) in [6.07, 6.45) is 8.78. The van der Waals surface area contributed by atoms with Crippen molar-refractivity contribution in [3.05, 3.63) is 49.2 Å². The monoisotopic (exact) mass is 377 g/mol. The molecule has 2 fully saturated rings. The van der Waals surface area contributed by atoms with Gasteiger partial charge in [-0.05, 0) is 26.0 Å². The van der Waals surface area contributed by atoms with E-state index in [-0.39, 0.29) is 12.2 Å². The largest absolute Gasteiger partial charge is 0.341 e. The van der Waals surface area contributed by atoms with E-state index in [0.29, 0.717) is 11.2 Å². The third-order valence-electron chi connectivity index (χ3n) is 4.88. The molecule has 0 aliphatic carbocycles. The van der Waals surface area contributed by atoms with Crippen LogP contribution < -0.4 is 5.01 Å². The number of para-hydroxylation sites is 1. The van der Waals surface area contributed by atoms with Crippen LogP contribution in [0.4, 0.5) is 5.69 Å². The van der Waals surface area contributed by atoms with E-state index in [1.54, 1.807) is 12.5 Å². The standard InChI is InChI=1S/C20H19N5O3/c1-4-15-16-17(28-20(2,3)27-16)19(26-15)25(13-8-6-5-7-9-13)24-12-23-14-10-21-11-22-18(14)24/h1,5-12,15-17,19H,2-3H3/t15-,16-,17-,19-/m1/s1. The number of anilines is 1. The van der Waals surface area contributed by atoms with Gasteiger partial charge in [-0.1, -0.05) is 24.1 Å². The fourth-order valence-corrected chi connectivity index (χ4v) is 3.80. The minimum atomic E-state index is -0.742. The van der Waals surface area contributed by atoms with Crippen molar-refractivity contribution in [2.75, 3.05) is 5.01 Å². The van der Waals surface area contributed by atoms with Crippen molar-refractivity contribution in [3.63, 3.8) is 0 Å². The molecule has 1 aromatic carbocycles. The summed E-state index contributed by atoms with van der Waals surface area (Å²) in [5.41, 5.74) is 2.21. The fourth-order valence-electron chi connectivity index (χ4n) is 3.80. The van der Waals surface area contributed by atoms with Crippen LogP contribution in [-0.4, -0.2) is 50.0 Å². The summed E-state index contributed by atoms with van der Waals surface area (Å²) >= 11 is 0. The third-order valence-corrected chi connectivity index (χ3v) is 4.88. The molecule has 2 aliphatic heterocycles. The Morgan fingerprint density at radius 1 is 1.14 bits per heavy atom. The molecule has 28 heavy (non-hydrogen) atoms. The minimum Gasteiger partial charge on any atom is -0.341 e. The molecule has 4 heterocycles. The first-order valence-electron chi connectivity index (χ1n) is 9.02. The summed E-state index contributed by atoms with van der Waals surface area (Å²) in [5.74, 6) is 1.95. The van der Waals surface area contributed by atoms with Gasteiger partial charge in [0.2, 0.25) is 0 Å². The van der Waals surface area contributed by atoms with E-state index in [4.69, 9.17) is 20.6 Å². The van der Waals surface area contributed by atoms with Crippen molar-refractivity contribution >= 4 is 16.9 Å². The smallest absolute Gasteiger partial charge is 0.182 e. The summed E-state index contributed by atoms with van der Waals surface area (Å²) in [6.45, 7) is 3.76. The molecule has 0 bridgehead atoms. The molecular formula is C20H19N5O3. The van der Waals surface area contributed by atoms with Gasteiger partial charge in [-0.3, -0.25) is 0 Å². The van der Waals surface area contributed by atoms with Crippen molar-refractivity contribution in [2.24, 2.45) is 0 Å². The number of imidazole rings is 1. The van der Waals surface area contributed by atoms with Crippen LogP contribution in [-0.2, 0) is 14.2 Å². The Bertz CT molecular complexity index is 1040. The van der Waals surface area contributed by atoms with Gasteiger partial charge in [0, 0.05) is 0 Å². The van der Waals surface area contributed by atoms with Crippen molar-refractivity contribution in [2.45, 2.75) is 44.2 Å². The predicted octanol–water partition coefficient (Wildman–Crippen LogP) is 1.97. The molecule has 5 rings (SSSR count). The lowest BCUT2D eigenvalue weighted by atomic mass is 10.1. The lowest BCUT2D eigenvalue weighted by Crippen LogP contribution is -2.47. The molecule has 2 aromatic heterocycles. The van der Waals surface area contributed by atoms with Gasteiger partial charge in [-0.15, -0.1) is 6.42 Å². The number of hydrogen-bond donors (Lipinski definition) is 0. The SMILES string of the molecule is C#C[C@H]1O[C@@H](N(c2ccccc2)n2cnc3cncnc32)[C@@H]2OC(C)(C)O[C@@H]21. The van der Waals surface area contributed by atoms with Crippen LogP contribution in [0.3, 0.4) is 0 Å². The molecule has 0 radical (unpaired) electrons. The lowest BCUT2D eigenvalue weighted by Gasteiger charge is -2.34. The van der Waals surface area contributed by atoms with Crippen molar-refractivity contribution in [1.82, 2.24) is 19.6 Å². The van der Waals surface area contributed by atoms with E-state index in [0.717, 1.165) is 5.69 Å². The molecular weight excluding hydrogens is 358 g/mol. The van der Waals surface area contributed by atoms with Gasteiger partial charge in [0.25, 0.3) is 0 Å². The quantitative estimate of drug-likeness (QED) is 0.646. The number of fused-ring (bicyclic) bond motifs is 2. The predicted molar refractivity (Wildman–Crippen MR) is 101 cm³/mol. The molecule has 2 saturated heterocycles. The fraction of sp³-hybridized carbons (Fsp3) is 0.350. The zero-order valence-corrected chi connectivity index (χ0v) is 15.5. The molecule has 142 valence electrons. The molecule has 4 atom stereocenters. The van der Waals surface area contributed by atoms with Crippen LogP contribution in [0.5, 0.6) is 0 Å². The summed E-state index contributed by atoms with van der Waals surface area (Å²) in [6, 6.07) is 9.83. The van der Waals surface area contributed by atoms with Crippen LogP contribution in [0, 0.1) is 12.3 Å². The van der Waals surface area contributed by atoms with Crippen molar-refractivity contribution < 1.29 is 14.2 Å². The molecule has 0 unspecified atom stereocenters. The Kier molecular flexibility index (Phi) is 3.84. The Morgan fingerprint density at radius 2 is 1.93 bits per heavy atom. The summed E-state index contributed by atoms with van der Waals surface area (Å²) < 4.78 is 20.3. The maximum atomic E-state index is 6.21. The Hall–Kier alpha value is -2.99. The molecule has 0 N–H and O–H groups in total. The third kappa shape index (κ3) is 2.64. The number of aromatic nitrogens is 4. The van der Waals surface area contributed by atoms with E-state index >= 15 is 0 Å². The number of rotatable bonds is 3. The first kappa shape index (κ1) is 17.1. The number of terminal acetylenes is 1. The van der Waals surface area contributed by atoms with Gasteiger partial charge in [0.1, 0.15) is 36.5 Å². The molecule has 0 spiro atoms. The van der Waals surface area contributed by atoms with Crippen LogP contribution in [0.15, 0.2) is 49.2 Å². The first-order chi connectivity index (χ1) is 13.6. The van der Waals surface area contributed by atoms with Crippen LogP contribution in [0.2, 0.25) is 0 Å². The van der Waals surface area contributed by atoms with E-state index in [9.17, 15) is 0 Å². The lowest BCUT2D eigenvalue weighted by molar-refractivity contribution is -0.181.